The Labute approximate surface area is 362 Å². The number of allylic oxidation sites excluding steroid dienone is 4. The van der Waals surface area contributed by atoms with Gasteiger partial charge < -0.3 is 20.6 Å². The Balaban J connectivity index is 3.56. The van der Waals surface area contributed by atoms with Gasteiger partial charge in [-0.05, 0) is 44.9 Å². The van der Waals surface area contributed by atoms with Crippen molar-refractivity contribution in [3.8, 4) is 0 Å². The first kappa shape index (κ1) is 56.8. The van der Waals surface area contributed by atoms with Crippen LogP contribution in [0.15, 0.2) is 24.3 Å². The van der Waals surface area contributed by atoms with Gasteiger partial charge in [-0.2, -0.15) is 0 Å². The van der Waals surface area contributed by atoms with E-state index >= 15 is 0 Å². The van der Waals surface area contributed by atoms with Crippen LogP contribution in [-0.4, -0.2) is 46.1 Å². The minimum atomic E-state index is -1.14. The van der Waals surface area contributed by atoms with Gasteiger partial charge in [0.15, 0.2) is 0 Å². The minimum Gasteiger partial charge on any atom is -0.394 e. The zero-order valence-electron chi connectivity index (χ0n) is 39.2. The maximum atomic E-state index is 12.5. The molecule has 3 unspecified atom stereocenters. The molecule has 1 amide bonds. The van der Waals surface area contributed by atoms with Crippen LogP contribution in [0, 0.1) is 0 Å². The van der Waals surface area contributed by atoms with Crippen LogP contribution in [0.4, 0.5) is 0 Å². The molecule has 0 aliphatic heterocycles. The summed E-state index contributed by atoms with van der Waals surface area (Å²) < 4.78 is 0. The fraction of sp³-hybridized carbons (Fsp3) is 0.906. The molecule has 0 fully saturated rings. The van der Waals surface area contributed by atoms with Crippen molar-refractivity contribution >= 4 is 5.91 Å². The molecular formula is C53H103NO4. The molecule has 0 spiro atoms. The summed E-state index contributed by atoms with van der Waals surface area (Å²) >= 11 is 0. The van der Waals surface area contributed by atoms with Gasteiger partial charge in [-0.25, -0.2) is 0 Å². The summed E-state index contributed by atoms with van der Waals surface area (Å²) in [7, 11) is 0. The number of aliphatic hydroxyl groups is 3. The summed E-state index contributed by atoms with van der Waals surface area (Å²) in [6.45, 7) is 4.20. The average Bonchev–Trinajstić information content (AvgIpc) is 3.23. The van der Waals surface area contributed by atoms with Gasteiger partial charge in [0.05, 0.1) is 18.8 Å². The summed E-state index contributed by atoms with van der Waals surface area (Å²) in [5.74, 6) is -0.144. The molecule has 5 nitrogen and oxygen atoms in total. The number of amides is 1. The summed E-state index contributed by atoms with van der Waals surface area (Å²) in [5.41, 5.74) is 0. The van der Waals surface area contributed by atoms with Gasteiger partial charge in [0, 0.05) is 6.42 Å². The Morgan fingerprint density at radius 1 is 0.431 bits per heavy atom. The van der Waals surface area contributed by atoms with Gasteiger partial charge in [-0.15, -0.1) is 0 Å². The third-order valence-electron chi connectivity index (χ3n) is 12.3. The molecule has 3 atom stereocenters. The van der Waals surface area contributed by atoms with Crippen LogP contribution in [0.3, 0.4) is 0 Å². The van der Waals surface area contributed by atoms with E-state index in [9.17, 15) is 20.1 Å². The molecule has 0 aromatic carbocycles. The molecule has 0 aromatic heterocycles. The Morgan fingerprint density at radius 3 is 1.09 bits per heavy atom. The number of hydrogen-bond acceptors (Lipinski definition) is 4. The first-order valence-corrected chi connectivity index (χ1v) is 26.1. The number of aliphatic hydroxyl groups excluding tert-OH is 3. The highest BCUT2D eigenvalue weighted by Crippen LogP contribution is 2.17. The lowest BCUT2D eigenvalue weighted by molar-refractivity contribution is -0.124. The van der Waals surface area contributed by atoms with Gasteiger partial charge in [-0.3, -0.25) is 4.79 Å². The summed E-state index contributed by atoms with van der Waals surface area (Å²) in [4.78, 5) is 12.5. The van der Waals surface area contributed by atoms with Crippen molar-refractivity contribution < 1.29 is 20.1 Å². The maximum Gasteiger partial charge on any atom is 0.220 e. The Hall–Kier alpha value is -1.17. The third kappa shape index (κ3) is 42.9. The zero-order chi connectivity index (χ0) is 42.3. The Kier molecular flexibility index (Phi) is 47.5. The van der Waals surface area contributed by atoms with E-state index in [0.29, 0.717) is 12.8 Å². The van der Waals surface area contributed by atoms with Gasteiger partial charge in [0.2, 0.25) is 5.91 Å². The number of unbranched alkanes of at least 4 members (excludes halogenated alkanes) is 36. The fourth-order valence-electron chi connectivity index (χ4n) is 8.25. The highest BCUT2D eigenvalue weighted by atomic mass is 16.3. The predicted molar refractivity (Wildman–Crippen MR) is 255 cm³/mol. The van der Waals surface area contributed by atoms with E-state index in [2.05, 4.69) is 43.5 Å². The monoisotopic (exact) mass is 818 g/mol. The SMILES string of the molecule is CCCCCCCCCCC/C=C\C/C=C\CCCCCCCCCCCCCC(=O)NC(CO)C(O)C(O)CCCCCCCCCCCCCCCCCCC. The van der Waals surface area contributed by atoms with Crippen LogP contribution < -0.4 is 5.32 Å². The molecule has 0 radical (unpaired) electrons. The highest BCUT2D eigenvalue weighted by Gasteiger charge is 2.26. The Morgan fingerprint density at radius 2 is 0.741 bits per heavy atom. The van der Waals surface area contributed by atoms with Crippen molar-refractivity contribution in [2.24, 2.45) is 0 Å². The lowest BCUT2D eigenvalue weighted by atomic mass is 9.99. The van der Waals surface area contributed by atoms with E-state index in [1.807, 2.05) is 0 Å². The van der Waals surface area contributed by atoms with Crippen LogP contribution in [0.1, 0.15) is 284 Å². The van der Waals surface area contributed by atoms with Gasteiger partial charge >= 0.3 is 0 Å². The largest absolute Gasteiger partial charge is 0.394 e. The van der Waals surface area contributed by atoms with E-state index in [1.165, 1.54) is 212 Å². The number of hydrogen-bond donors (Lipinski definition) is 4. The van der Waals surface area contributed by atoms with Crippen LogP contribution in [-0.2, 0) is 4.79 Å². The molecule has 5 heteroatoms. The number of rotatable bonds is 48. The van der Waals surface area contributed by atoms with Crippen molar-refractivity contribution in [2.75, 3.05) is 6.61 Å². The highest BCUT2D eigenvalue weighted by molar-refractivity contribution is 5.76. The van der Waals surface area contributed by atoms with Crippen LogP contribution in [0.2, 0.25) is 0 Å². The van der Waals surface area contributed by atoms with Crippen molar-refractivity contribution in [2.45, 2.75) is 302 Å². The second-order valence-electron chi connectivity index (χ2n) is 18.1. The number of carbonyl (C=O) groups is 1. The van der Waals surface area contributed by atoms with Gasteiger partial charge in [0.1, 0.15) is 6.10 Å². The van der Waals surface area contributed by atoms with Crippen LogP contribution >= 0.6 is 0 Å². The van der Waals surface area contributed by atoms with E-state index in [0.717, 1.165) is 44.9 Å². The van der Waals surface area contributed by atoms with Gasteiger partial charge in [0.25, 0.3) is 0 Å². The minimum absolute atomic E-state index is 0.144. The fourth-order valence-corrected chi connectivity index (χ4v) is 8.25. The smallest absolute Gasteiger partial charge is 0.220 e. The molecule has 0 aliphatic carbocycles. The summed E-state index contributed by atoms with van der Waals surface area (Å²) in [6.07, 6.45) is 60.2. The van der Waals surface area contributed by atoms with E-state index in [1.54, 1.807) is 0 Å². The molecule has 0 saturated carbocycles. The average molecular weight is 818 g/mol. The molecule has 4 N–H and O–H groups in total. The van der Waals surface area contributed by atoms with Gasteiger partial charge in [-0.1, -0.05) is 256 Å². The summed E-state index contributed by atoms with van der Waals surface area (Å²) in [5, 5.41) is 33.7. The lowest BCUT2D eigenvalue weighted by Gasteiger charge is -2.26. The second kappa shape index (κ2) is 48.5. The quantitative estimate of drug-likeness (QED) is 0.0364. The Bertz CT molecular complexity index is 859. The van der Waals surface area contributed by atoms with Crippen molar-refractivity contribution in [1.82, 2.24) is 5.32 Å². The van der Waals surface area contributed by atoms with E-state index in [4.69, 9.17) is 0 Å². The predicted octanol–water partition coefficient (Wildman–Crippen LogP) is 15.7. The second-order valence-corrected chi connectivity index (χ2v) is 18.1. The molecular weight excluding hydrogens is 715 g/mol. The van der Waals surface area contributed by atoms with E-state index < -0.39 is 18.2 Å². The number of nitrogens with one attached hydrogen (secondary N) is 1. The third-order valence-corrected chi connectivity index (χ3v) is 12.3. The molecule has 344 valence electrons. The topological polar surface area (TPSA) is 89.8 Å². The molecule has 0 rings (SSSR count). The van der Waals surface area contributed by atoms with Crippen molar-refractivity contribution in [3.63, 3.8) is 0 Å². The zero-order valence-corrected chi connectivity index (χ0v) is 39.2. The van der Waals surface area contributed by atoms with Crippen molar-refractivity contribution in [1.29, 1.82) is 0 Å². The van der Waals surface area contributed by atoms with Crippen LogP contribution in [0.25, 0.3) is 0 Å². The molecule has 0 saturated heterocycles. The lowest BCUT2D eigenvalue weighted by Crippen LogP contribution is -2.50. The maximum absolute atomic E-state index is 12.5. The van der Waals surface area contributed by atoms with Crippen LogP contribution in [0.5, 0.6) is 0 Å². The molecule has 0 aliphatic rings. The molecule has 58 heavy (non-hydrogen) atoms. The molecule has 0 bridgehead atoms. The first-order valence-electron chi connectivity index (χ1n) is 26.1. The molecule has 0 aromatic rings. The first-order chi connectivity index (χ1) is 28.6. The summed E-state index contributed by atoms with van der Waals surface area (Å²) in [6, 6.07) is -0.809. The standard InChI is InChI=1S/C53H103NO4/c1-3-5-7-9-11-13-15-17-19-21-22-23-24-25-26-27-28-29-30-32-34-36-38-40-42-44-46-48-52(57)54-50(49-55)53(58)51(56)47-45-43-41-39-37-35-33-31-20-18-16-14-12-10-8-6-4-2/h22-23,25-26,50-51,53,55-56,58H,3-21,24,27-49H2,1-2H3,(H,54,57)/b23-22-,26-25-. The van der Waals surface area contributed by atoms with E-state index in [-0.39, 0.29) is 12.5 Å². The normalized spacial score (nSPS) is 13.5. The van der Waals surface area contributed by atoms with Crippen molar-refractivity contribution in [3.05, 3.63) is 24.3 Å². The molecule has 0 heterocycles. The number of carbonyl (C=O) groups excluding carboxylic acids is 1.